The van der Waals surface area contributed by atoms with Gasteiger partial charge in [0, 0.05) is 23.3 Å². The first kappa shape index (κ1) is 13.1. The lowest BCUT2D eigenvalue weighted by Crippen LogP contribution is -1.97. The molecule has 3 rings (SSSR count). The van der Waals surface area contributed by atoms with Gasteiger partial charge in [0.05, 0.1) is 5.56 Å². The van der Waals surface area contributed by atoms with Gasteiger partial charge < -0.3 is 9.84 Å². The molecule has 104 valence electrons. The third-order valence-electron chi connectivity index (χ3n) is 3.02. The summed E-state index contributed by atoms with van der Waals surface area (Å²) in [6, 6.07) is 12.5. The molecule has 5 nitrogen and oxygen atoms in total. The standard InChI is InChI=1S/C16H12N2O3/c1-10-5-6-11-3-2-4-13(15(11)18-10)21-14-8-7-12(9-17-14)16(19)20/h2-9H,1H3,(H,19,20). The summed E-state index contributed by atoms with van der Waals surface area (Å²) in [5.74, 6) is -0.0981. The molecule has 0 aliphatic rings. The van der Waals surface area contributed by atoms with Crippen molar-refractivity contribution in [2.24, 2.45) is 0 Å². The van der Waals surface area contributed by atoms with Gasteiger partial charge in [-0.3, -0.25) is 0 Å². The molecule has 0 saturated carbocycles. The first-order valence-electron chi connectivity index (χ1n) is 6.37. The minimum absolute atomic E-state index is 0.120. The number of aromatic carboxylic acids is 1. The Morgan fingerprint density at radius 3 is 2.71 bits per heavy atom. The molecule has 0 aliphatic heterocycles. The normalized spacial score (nSPS) is 10.5. The van der Waals surface area contributed by atoms with Crippen molar-refractivity contribution in [3.63, 3.8) is 0 Å². The lowest BCUT2D eigenvalue weighted by molar-refractivity contribution is 0.0696. The maximum Gasteiger partial charge on any atom is 0.337 e. The van der Waals surface area contributed by atoms with Crippen LogP contribution in [-0.2, 0) is 0 Å². The molecule has 2 aromatic heterocycles. The van der Waals surface area contributed by atoms with Gasteiger partial charge in [-0.25, -0.2) is 14.8 Å². The van der Waals surface area contributed by atoms with E-state index in [0.717, 1.165) is 16.6 Å². The topological polar surface area (TPSA) is 72.3 Å². The summed E-state index contributed by atoms with van der Waals surface area (Å²) in [5, 5.41) is 9.82. The molecule has 0 aliphatic carbocycles. The Morgan fingerprint density at radius 1 is 1.14 bits per heavy atom. The van der Waals surface area contributed by atoms with Gasteiger partial charge in [-0.05, 0) is 25.1 Å². The zero-order valence-corrected chi connectivity index (χ0v) is 11.3. The van der Waals surface area contributed by atoms with Crippen LogP contribution in [0.15, 0.2) is 48.7 Å². The van der Waals surface area contributed by atoms with E-state index in [4.69, 9.17) is 9.84 Å². The number of nitrogens with zero attached hydrogens (tertiary/aromatic N) is 2. The molecule has 0 atom stereocenters. The highest BCUT2D eigenvalue weighted by Crippen LogP contribution is 2.27. The maximum absolute atomic E-state index is 10.8. The Labute approximate surface area is 120 Å². The number of fused-ring (bicyclic) bond motifs is 1. The van der Waals surface area contributed by atoms with E-state index in [-0.39, 0.29) is 5.56 Å². The highest BCUT2D eigenvalue weighted by Gasteiger charge is 2.07. The molecule has 0 bridgehead atoms. The van der Waals surface area contributed by atoms with Crippen molar-refractivity contribution in [3.05, 3.63) is 59.9 Å². The van der Waals surface area contributed by atoms with Gasteiger partial charge >= 0.3 is 5.97 Å². The summed E-state index contributed by atoms with van der Waals surface area (Å²) in [7, 11) is 0. The Bertz CT molecular complexity index is 813. The van der Waals surface area contributed by atoms with Crippen molar-refractivity contribution in [3.8, 4) is 11.6 Å². The van der Waals surface area contributed by atoms with E-state index in [1.165, 1.54) is 18.3 Å². The van der Waals surface area contributed by atoms with Crippen LogP contribution in [0.3, 0.4) is 0 Å². The van der Waals surface area contributed by atoms with Crippen molar-refractivity contribution in [2.45, 2.75) is 6.92 Å². The van der Waals surface area contributed by atoms with Crippen molar-refractivity contribution in [2.75, 3.05) is 0 Å². The molecule has 5 heteroatoms. The predicted molar refractivity (Wildman–Crippen MR) is 77.8 cm³/mol. The first-order valence-corrected chi connectivity index (χ1v) is 6.37. The fraction of sp³-hybridized carbons (Fsp3) is 0.0625. The summed E-state index contributed by atoms with van der Waals surface area (Å²) >= 11 is 0. The molecule has 0 fully saturated rings. The first-order chi connectivity index (χ1) is 10.1. The minimum atomic E-state index is -1.02. The Morgan fingerprint density at radius 2 is 2.00 bits per heavy atom. The molecule has 3 aromatic rings. The van der Waals surface area contributed by atoms with E-state index < -0.39 is 5.97 Å². The predicted octanol–water partition coefficient (Wildman–Crippen LogP) is 3.43. The van der Waals surface area contributed by atoms with E-state index in [9.17, 15) is 4.79 Å². The number of benzene rings is 1. The number of carboxylic acid groups (broad SMARTS) is 1. The largest absolute Gasteiger partial charge is 0.478 e. The van der Waals surface area contributed by atoms with E-state index in [0.29, 0.717) is 11.6 Å². The van der Waals surface area contributed by atoms with E-state index in [1.54, 1.807) is 0 Å². The Balaban J connectivity index is 1.97. The summed E-state index contributed by atoms with van der Waals surface area (Å²) in [6.45, 7) is 1.91. The number of hydrogen-bond acceptors (Lipinski definition) is 4. The highest BCUT2D eigenvalue weighted by atomic mass is 16.5. The molecule has 21 heavy (non-hydrogen) atoms. The van der Waals surface area contributed by atoms with E-state index in [1.807, 2.05) is 37.3 Å². The highest BCUT2D eigenvalue weighted by molar-refractivity contribution is 5.87. The average Bonchev–Trinajstić information content (AvgIpc) is 2.48. The van der Waals surface area contributed by atoms with E-state index >= 15 is 0 Å². The van der Waals surface area contributed by atoms with Gasteiger partial charge in [0.1, 0.15) is 5.52 Å². The van der Waals surface area contributed by atoms with Gasteiger partial charge in [-0.1, -0.05) is 18.2 Å². The van der Waals surface area contributed by atoms with Crippen LogP contribution in [-0.4, -0.2) is 21.0 Å². The number of carbonyl (C=O) groups is 1. The van der Waals surface area contributed by atoms with Gasteiger partial charge in [-0.15, -0.1) is 0 Å². The van der Waals surface area contributed by atoms with Crippen LogP contribution in [0.1, 0.15) is 16.1 Å². The van der Waals surface area contributed by atoms with Crippen LogP contribution in [0.5, 0.6) is 11.6 Å². The molecule has 1 aromatic carbocycles. The minimum Gasteiger partial charge on any atom is -0.478 e. The van der Waals surface area contributed by atoms with Gasteiger partial charge in [0.2, 0.25) is 5.88 Å². The molecule has 0 amide bonds. The molecule has 0 saturated heterocycles. The molecule has 0 radical (unpaired) electrons. The Kier molecular flexibility index (Phi) is 3.23. The summed E-state index contributed by atoms with van der Waals surface area (Å²) in [4.78, 5) is 19.3. The van der Waals surface area contributed by atoms with Gasteiger partial charge in [-0.2, -0.15) is 0 Å². The van der Waals surface area contributed by atoms with Crippen LogP contribution >= 0.6 is 0 Å². The van der Waals surface area contributed by atoms with Crippen LogP contribution in [0.2, 0.25) is 0 Å². The number of ether oxygens (including phenoxy) is 1. The Hall–Kier alpha value is -2.95. The van der Waals surface area contributed by atoms with Crippen molar-refractivity contribution >= 4 is 16.9 Å². The van der Waals surface area contributed by atoms with Crippen molar-refractivity contribution in [1.82, 2.24) is 9.97 Å². The zero-order valence-electron chi connectivity index (χ0n) is 11.3. The third-order valence-corrected chi connectivity index (χ3v) is 3.02. The number of pyridine rings is 2. The molecule has 0 unspecified atom stereocenters. The van der Waals surface area contributed by atoms with Crippen LogP contribution in [0.25, 0.3) is 10.9 Å². The number of rotatable bonds is 3. The fourth-order valence-electron chi connectivity index (χ4n) is 1.98. The quantitative estimate of drug-likeness (QED) is 0.795. The number of aromatic nitrogens is 2. The maximum atomic E-state index is 10.8. The molecule has 0 spiro atoms. The van der Waals surface area contributed by atoms with Crippen LogP contribution in [0, 0.1) is 6.92 Å². The SMILES string of the molecule is Cc1ccc2cccc(Oc3ccc(C(=O)O)cn3)c2n1. The number of carboxylic acids is 1. The van der Waals surface area contributed by atoms with Gasteiger partial charge in [0.25, 0.3) is 0 Å². The van der Waals surface area contributed by atoms with Crippen LogP contribution in [0.4, 0.5) is 0 Å². The molecular weight excluding hydrogens is 268 g/mol. The number of aryl methyl sites for hydroxylation is 1. The smallest absolute Gasteiger partial charge is 0.337 e. The van der Waals surface area contributed by atoms with Crippen LogP contribution < -0.4 is 4.74 Å². The zero-order chi connectivity index (χ0) is 14.8. The molecule has 2 heterocycles. The number of para-hydroxylation sites is 1. The fourth-order valence-corrected chi connectivity index (χ4v) is 1.98. The second kappa shape index (κ2) is 5.20. The second-order valence-corrected chi connectivity index (χ2v) is 4.57. The molecular formula is C16H12N2O3. The summed E-state index contributed by atoms with van der Waals surface area (Å²) in [6.07, 6.45) is 1.27. The monoisotopic (exact) mass is 280 g/mol. The summed E-state index contributed by atoms with van der Waals surface area (Å²) < 4.78 is 5.71. The lowest BCUT2D eigenvalue weighted by Gasteiger charge is -2.08. The average molecular weight is 280 g/mol. The number of hydrogen-bond donors (Lipinski definition) is 1. The summed E-state index contributed by atoms with van der Waals surface area (Å²) in [5.41, 5.74) is 1.77. The van der Waals surface area contributed by atoms with Gasteiger partial charge in [0.15, 0.2) is 5.75 Å². The van der Waals surface area contributed by atoms with E-state index in [2.05, 4.69) is 9.97 Å². The second-order valence-electron chi connectivity index (χ2n) is 4.57. The van der Waals surface area contributed by atoms with Crippen molar-refractivity contribution in [1.29, 1.82) is 0 Å². The molecule has 1 N–H and O–H groups in total. The third kappa shape index (κ3) is 2.67. The van der Waals surface area contributed by atoms with Crippen molar-refractivity contribution < 1.29 is 14.6 Å². The lowest BCUT2D eigenvalue weighted by atomic mass is 10.2.